The summed E-state index contributed by atoms with van der Waals surface area (Å²) in [5.74, 6) is 0.782. The number of nitrogens with zero attached hydrogens (tertiary/aromatic N) is 3. The molecule has 0 bridgehead atoms. The number of rotatable bonds is 4. The number of halogens is 1. The minimum absolute atomic E-state index is 0. The second kappa shape index (κ2) is 10.4. The number of aliphatic imine (C=N–C) groups is 1. The summed E-state index contributed by atoms with van der Waals surface area (Å²) in [6, 6.07) is 14.2. The van der Waals surface area contributed by atoms with Gasteiger partial charge in [0, 0.05) is 38.4 Å². The number of carbonyl (C=O) groups is 1. The molecule has 2 atom stereocenters. The minimum Gasteiger partial charge on any atom is -0.469 e. The van der Waals surface area contributed by atoms with Crippen molar-refractivity contribution in [2.75, 3.05) is 27.2 Å². The largest absolute Gasteiger partial charge is 0.469 e. The number of ether oxygens (including phenoxy) is 1. The number of pyridine rings is 1. The monoisotopic (exact) mass is 494 g/mol. The van der Waals surface area contributed by atoms with Crippen LogP contribution >= 0.6 is 24.0 Å². The van der Waals surface area contributed by atoms with Gasteiger partial charge in [-0.2, -0.15) is 0 Å². The van der Waals surface area contributed by atoms with Crippen LogP contribution in [-0.4, -0.2) is 49.1 Å². The Morgan fingerprint density at radius 1 is 1.29 bits per heavy atom. The summed E-state index contributed by atoms with van der Waals surface area (Å²) < 4.78 is 4.92. The zero-order valence-electron chi connectivity index (χ0n) is 16.5. The third kappa shape index (κ3) is 5.21. The van der Waals surface area contributed by atoms with Crippen molar-refractivity contribution in [3.05, 3.63) is 54.2 Å². The highest BCUT2D eigenvalue weighted by molar-refractivity contribution is 14.0. The smallest absolute Gasteiger partial charge is 0.310 e. The van der Waals surface area contributed by atoms with Crippen LogP contribution in [0.2, 0.25) is 0 Å². The molecule has 0 radical (unpaired) electrons. The predicted molar refractivity (Wildman–Crippen MR) is 122 cm³/mol. The Bertz CT molecular complexity index is 813. The lowest BCUT2D eigenvalue weighted by atomic mass is 9.99. The van der Waals surface area contributed by atoms with Gasteiger partial charge < -0.3 is 15.0 Å². The van der Waals surface area contributed by atoms with Gasteiger partial charge in [-0.05, 0) is 29.7 Å². The Hall–Kier alpha value is -2.16. The lowest BCUT2D eigenvalue weighted by Gasteiger charge is -2.21. The lowest BCUT2D eigenvalue weighted by Crippen LogP contribution is -2.40. The van der Waals surface area contributed by atoms with Crippen LogP contribution in [0.25, 0.3) is 11.3 Å². The Morgan fingerprint density at radius 3 is 2.79 bits per heavy atom. The zero-order valence-corrected chi connectivity index (χ0v) is 18.8. The molecule has 1 aromatic heterocycles. The van der Waals surface area contributed by atoms with E-state index in [-0.39, 0.29) is 41.8 Å². The van der Waals surface area contributed by atoms with Gasteiger partial charge in [-0.15, -0.1) is 24.0 Å². The lowest BCUT2D eigenvalue weighted by molar-refractivity contribution is -0.145. The molecular formula is C21H27IN4O2. The number of methoxy groups -OCH3 is 1. The van der Waals surface area contributed by atoms with Crippen LogP contribution in [0, 0.1) is 11.8 Å². The summed E-state index contributed by atoms with van der Waals surface area (Å²) >= 11 is 0. The van der Waals surface area contributed by atoms with E-state index in [1.54, 1.807) is 13.2 Å². The molecule has 1 saturated heterocycles. The Kier molecular flexibility index (Phi) is 8.22. The Morgan fingerprint density at radius 2 is 2.11 bits per heavy atom. The van der Waals surface area contributed by atoms with Gasteiger partial charge in [0.1, 0.15) is 0 Å². The Balaban J connectivity index is 0.00000280. The van der Waals surface area contributed by atoms with Crippen LogP contribution in [0.3, 0.4) is 0 Å². The van der Waals surface area contributed by atoms with Gasteiger partial charge in [0.2, 0.25) is 0 Å². The first-order valence-electron chi connectivity index (χ1n) is 9.16. The molecule has 150 valence electrons. The molecule has 2 heterocycles. The quantitative estimate of drug-likeness (QED) is 0.306. The maximum absolute atomic E-state index is 11.9. The number of nitrogens with one attached hydrogen (secondary N) is 1. The number of aromatic nitrogens is 1. The molecule has 0 spiro atoms. The van der Waals surface area contributed by atoms with E-state index < -0.39 is 0 Å². The van der Waals surface area contributed by atoms with E-state index in [0.717, 1.165) is 29.3 Å². The number of benzene rings is 1. The summed E-state index contributed by atoms with van der Waals surface area (Å²) in [6.45, 7) is 4.14. The fraction of sp³-hybridized carbons (Fsp3) is 0.381. The fourth-order valence-electron chi connectivity index (χ4n) is 3.49. The third-order valence-electron chi connectivity index (χ3n) is 4.97. The number of hydrogen-bond acceptors (Lipinski definition) is 4. The summed E-state index contributed by atoms with van der Waals surface area (Å²) in [7, 11) is 3.21. The number of hydrogen-bond donors (Lipinski definition) is 1. The van der Waals surface area contributed by atoms with Crippen molar-refractivity contribution in [3.63, 3.8) is 0 Å². The van der Waals surface area contributed by atoms with Crippen molar-refractivity contribution in [1.82, 2.24) is 15.2 Å². The fourth-order valence-corrected chi connectivity index (χ4v) is 3.49. The highest BCUT2D eigenvalue weighted by atomic mass is 127. The van der Waals surface area contributed by atoms with Crippen LogP contribution in [0.1, 0.15) is 12.5 Å². The van der Waals surface area contributed by atoms with Gasteiger partial charge >= 0.3 is 5.97 Å². The molecule has 0 aliphatic carbocycles. The predicted octanol–water partition coefficient (Wildman–Crippen LogP) is 3.18. The van der Waals surface area contributed by atoms with E-state index in [1.165, 1.54) is 7.11 Å². The first-order chi connectivity index (χ1) is 13.1. The normalized spacial score (nSPS) is 19.1. The van der Waals surface area contributed by atoms with Crippen molar-refractivity contribution in [3.8, 4) is 11.3 Å². The molecule has 2 unspecified atom stereocenters. The molecule has 7 heteroatoms. The van der Waals surface area contributed by atoms with Crippen LogP contribution in [0.4, 0.5) is 0 Å². The Labute approximate surface area is 183 Å². The summed E-state index contributed by atoms with van der Waals surface area (Å²) in [5, 5.41) is 3.41. The molecule has 0 amide bonds. The molecule has 0 saturated carbocycles. The van der Waals surface area contributed by atoms with Gasteiger partial charge in [-0.1, -0.05) is 31.2 Å². The highest BCUT2D eigenvalue weighted by Crippen LogP contribution is 2.24. The van der Waals surface area contributed by atoms with E-state index in [0.29, 0.717) is 13.1 Å². The maximum atomic E-state index is 11.9. The number of esters is 1. The molecule has 1 aromatic carbocycles. The van der Waals surface area contributed by atoms with Crippen molar-refractivity contribution in [2.24, 2.45) is 16.8 Å². The zero-order chi connectivity index (χ0) is 19.2. The van der Waals surface area contributed by atoms with E-state index in [1.807, 2.05) is 24.3 Å². The highest BCUT2D eigenvalue weighted by Gasteiger charge is 2.36. The summed E-state index contributed by atoms with van der Waals surface area (Å²) in [4.78, 5) is 22.8. The summed E-state index contributed by atoms with van der Waals surface area (Å²) in [5.41, 5.74) is 3.19. The molecule has 1 aliphatic rings. The number of carbonyl (C=O) groups excluding carboxylic acids is 1. The SMILES string of the molecule is CN=C(NCc1cccc(-c2ccccn2)c1)N1CC(C)C(C(=O)OC)C1.I. The van der Waals surface area contributed by atoms with E-state index in [4.69, 9.17) is 4.74 Å². The average molecular weight is 494 g/mol. The second-order valence-corrected chi connectivity index (χ2v) is 6.83. The topological polar surface area (TPSA) is 66.8 Å². The minimum atomic E-state index is -0.150. The van der Waals surface area contributed by atoms with Crippen LogP contribution in [0.15, 0.2) is 53.7 Å². The van der Waals surface area contributed by atoms with Crippen LogP contribution < -0.4 is 5.32 Å². The second-order valence-electron chi connectivity index (χ2n) is 6.83. The molecular weight excluding hydrogens is 467 g/mol. The molecule has 1 aliphatic heterocycles. The standard InChI is InChI=1S/C21H26N4O2.HI/c1-15-13-25(14-18(15)20(26)27-3)21(22-2)24-12-16-7-6-8-17(11-16)19-9-4-5-10-23-19;/h4-11,15,18H,12-14H2,1-3H3,(H,22,24);1H. The van der Waals surface area contributed by atoms with E-state index in [2.05, 4.69) is 45.3 Å². The van der Waals surface area contributed by atoms with Gasteiger partial charge in [-0.25, -0.2) is 0 Å². The molecule has 6 nitrogen and oxygen atoms in total. The first-order valence-corrected chi connectivity index (χ1v) is 9.16. The van der Waals surface area contributed by atoms with Crippen molar-refractivity contribution in [1.29, 1.82) is 0 Å². The van der Waals surface area contributed by atoms with Gasteiger partial charge in [0.25, 0.3) is 0 Å². The maximum Gasteiger partial charge on any atom is 0.310 e. The van der Waals surface area contributed by atoms with E-state index in [9.17, 15) is 4.79 Å². The average Bonchev–Trinajstić information content (AvgIpc) is 3.10. The van der Waals surface area contributed by atoms with Crippen LogP contribution in [0.5, 0.6) is 0 Å². The van der Waals surface area contributed by atoms with E-state index >= 15 is 0 Å². The van der Waals surface area contributed by atoms with Crippen molar-refractivity contribution >= 4 is 35.9 Å². The van der Waals surface area contributed by atoms with Gasteiger partial charge in [0.05, 0.1) is 18.7 Å². The number of guanidine groups is 1. The molecule has 1 fully saturated rings. The van der Waals surface area contributed by atoms with Crippen molar-refractivity contribution in [2.45, 2.75) is 13.5 Å². The molecule has 2 aromatic rings. The molecule has 28 heavy (non-hydrogen) atoms. The first kappa shape index (κ1) is 22.1. The van der Waals surface area contributed by atoms with Crippen LogP contribution in [-0.2, 0) is 16.1 Å². The van der Waals surface area contributed by atoms with Gasteiger partial charge in [0.15, 0.2) is 5.96 Å². The number of likely N-dealkylation sites (tertiary alicyclic amines) is 1. The molecule has 3 rings (SSSR count). The molecule has 1 N–H and O–H groups in total. The summed E-state index contributed by atoms with van der Waals surface area (Å²) in [6.07, 6.45) is 1.80. The van der Waals surface area contributed by atoms with Gasteiger partial charge in [-0.3, -0.25) is 14.8 Å². The van der Waals surface area contributed by atoms with Crippen molar-refractivity contribution < 1.29 is 9.53 Å². The third-order valence-corrected chi connectivity index (χ3v) is 4.97.